The van der Waals surface area contributed by atoms with E-state index in [9.17, 15) is 0 Å². The molecule has 30 heavy (non-hydrogen) atoms. The molecule has 0 spiro atoms. The average molecular weight is 386 g/mol. The second kappa shape index (κ2) is 8.92. The van der Waals surface area contributed by atoms with Crippen LogP contribution in [0.2, 0.25) is 0 Å². The molecule has 4 rings (SSSR count). The van der Waals surface area contributed by atoms with Crippen molar-refractivity contribution in [3.63, 3.8) is 0 Å². The van der Waals surface area contributed by atoms with Crippen LogP contribution in [0.1, 0.15) is 24.6 Å². The number of nitrogens with zero attached hydrogens (tertiary/aromatic N) is 2. The molecular formula is C27H23BN2. The molecule has 1 heterocycles. The minimum absolute atomic E-state index is 0.710. The Morgan fingerprint density at radius 1 is 0.767 bits per heavy atom. The Labute approximate surface area is 179 Å². The first-order valence-corrected chi connectivity index (χ1v) is 10.2. The first-order chi connectivity index (χ1) is 14.7. The van der Waals surface area contributed by atoms with Gasteiger partial charge in [0.1, 0.15) is 7.85 Å². The highest BCUT2D eigenvalue weighted by molar-refractivity contribution is 6.32. The van der Waals surface area contributed by atoms with Gasteiger partial charge in [-0.25, -0.2) is 9.97 Å². The van der Waals surface area contributed by atoms with E-state index in [1.54, 1.807) is 0 Å². The Bertz CT molecular complexity index is 1180. The van der Waals surface area contributed by atoms with Crippen molar-refractivity contribution >= 4 is 19.4 Å². The molecule has 0 bridgehead atoms. The summed E-state index contributed by atoms with van der Waals surface area (Å²) in [6, 6.07) is 26.7. The van der Waals surface area contributed by atoms with E-state index < -0.39 is 0 Å². The molecule has 3 heteroatoms. The van der Waals surface area contributed by atoms with E-state index in [0.717, 1.165) is 40.0 Å². The SMILES string of the molecule is [B]c1ccc(-c2nc(C)c(/C=C\CC)c(-c3cccc(-c4ccccc4)c3)n2)cc1. The van der Waals surface area contributed by atoms with Crippen LogP contribution in [0.5, 0.6) is 0 Å². The summed E-state index contributed by atoms with van der Waals surface area (Å²) in [6.07, 6.45) is 5.24. The van der Waals surface area contributed by atoms with Gasteiger partial charge >= 0.3 is 0 Å². The highest BCUT2D eigenvalue weighted by atomic mass is 14.9. The lowest BCUT2D eigenvalue weighted by molar-refractivity contribution is 1.10. The number of benzene rings is 3. The van der Waals surface area contributed by atoms with Crippen molar-refractivity contribution in [2.75, 3.05) is 0 Å². The summed E-state index contributed by atoms with van der Waals surface area (Å²) in [7, 11) is 5.86. The Hall–Kier alpha value is -3.46. The number of allylic oxidation sites excluding steroid dienone is 1. The molecule has 0 N–H and O–H groups in total. The third kappa shape index (κ3) is 4.26. The standard InChI is InChI=1S/C27H23BN2/c1-3-4-13-25-19(2)29-27(21-14-16-24(28)17-15-21)30-26(25)23-12-8-11-22(18-23)20-9-6-5-7-10-20/h4-18H,3H2,1-2H3/b13-4-. The molecule has 0 aliphatic heterocycles. The third-order valence-electron chi connectivity index (χ3n) is 5.07. The number of hydrogen-bond acceptors (Lipinski definition) is 2. The molecule has 0 aliphatic rings. The summed E-state index contributed by atoms with van der Waals surface area (Å²) in [6.45, 7) is 4.17. The van der Waals surface area contributed by atoms with Crippen molar-refractivity contribution in [2.24, 2.45) is 0 Å². The van der Waals surface area contributed by atoms with Gasteiger partial charge in [0.15, 0.2) is 5.82 Å². The Kier molecular flexibility index (Phi) is 5.90. The Balaban J connectivity index is 1.88. The van der Waals surface area contributed by atoms with Gasteiger partial charge in [0.05, 0.1) is 5.69 Å². The van der Waals surface area contributed by atoms with Crippen LogP contribution in [0.4, 0.5) is 0 Å². The minimum Gasteiger partial charge on any atom is -0.233 e. The van der Waals surface area contributed by atoms with E-state index in [1.807, 2.05) is 37.3 Å². The quantitative estimate of drug-likeness (QED) is 0.393. The average Bonchev–Trinajstić information content (AvgIpc) is 2.79. The van der Waals surface area contributed by atoms with Gasteiger partial charge in [0.25, 0.3) is 0 Å². The summed E-state index contributed by atoms with van der Waals surface area (Å²) in [5, 5.41) is 0. The topological polar surface area (TPSA) is 25.8 Å². The van der Waals surface area contributed by atoms with Crippen molar-refractivity contribution in [1.29, 1.82) is 0 Å². The van der Waals surface area contributed by atoms with E-state index in [4.69, 9.17) is 17.8 Å². The smallest absolute Gasteiger partial charge is 0.160 e. The van der Waals surface area contributed by atoms with Crippen LogP contribution in [0, 0.1) is 6.92 Å². The molecule has 144 valence electrons. The van der Waals surface area contributed by atoms with Gasteiger partial charge in [0, 0.05) is 22.4 Å². The van der Waals surface area contributed by atoms with Gasteiger partial charge in [-0.2, -0.15) is 0 Å². The monoisotopic (exact) mass is 386 g/mol. The molecule has 1 aromatic heterocycles. The van der Waals surface area contributed by atoms with Gasteiger partial charge < -0.3 is 0 Å². The fraction of sp³-hybridized carbons (Fsp3) is 0.111. The molecule has 0 saturated carbocycles. The maximum atomic E-state index is 5.86. The summed E-state index contributed by atoms with van der Waals surface area (Å²) in [5.74, 6) is 0.710. The normalized spacial score (nSPS) is 11.1. The molecule has 0 fully saturated rings. The molecular weight excluding hydrogens is 363 g/mol. The van der Waals surface area contributed by atoms with Gasteiger partial charge in [0.2, 0.25) is 0 Å². The molecule has 0 amide bonds. The fourth-order valence-electron chi connectivity index (χ4n) is 3.47. The highest BCUT2D eigenvalue weighted by Gasteiger charge is 2.14. The second-order valence-electron chi connectivity index (χ2n) is 7.27. The fourth-order valence-corrected chi connectivity index (χ4v) is 3.47. The first-order valence-electron chi connectivity index (χ1n) is 10.2. The summed E-state index contributed by atoms with van der Waals surface area (Å²) in [5.41, 5.74) is 8.08. The van der Waals surface area contributed by atoms with Crippen LogP contribution < -0.4 is 5.46 Å². The van der Waals surface area contributed by atoms with Crippen LogP contribution in [0.25, 0.3) is 39.8 Å². The zero-order valence-electron chi connectivity index (χ0n) is 17.3. The third-order valence-corrected chi connectivity index (χ3v) is 5.07. The van der Waals surface area contributed by atoms with E-state index in [2.05, 4.69) is 67.6 Å². The minimum atomic E-state index is 0.710. The summed E-state index contributed by atoms with van der Waals surface area (Å²) in [4.78, 5) is 9.78. The molecule has 3 aromatic carbocycles. The number of hydrogen-bond donors (Lipinski definition) is 0. The van der Waals surface area contributed by atoms with Crippen LogP contribution >= 0.6 is 0 Å². The lowest BCUT2D eigenvalue weighted by Gasteiger charge is -2.13. The zero-order chi connectivity index (χ0) is 20.9. The predicted molar refractivity (Wildman–Crippen MR) is 128 cm³/mol. The summed E-state index contributed by atoms with van der Waals surface area (Å²) < 4.78 is 0. The molecule has 2 radical (unpaired) electrons. The molecule has 0 atom stereocenters. The number of aryl methyl sites for hydroxylation is 1. The van der Waals surface area contributed by atoms with Gasteiger partial charge in [-0.1, -0.05) is 97.3 Å². The van der Waals surface area contributed by atoms with Crippen LogP contribution in [-0.4, -0.2) is 17.8 Å². The largest absolute Gasteiger partial charge is 0.233 e. The summed E-state index contributed by atoms with van der Waals surface area (Å²) >= 11 is 0. The maximum Gasteiger partial charge on any atom is 0.160 e. The first kappa shape index (κ1) is 19.8. The van der Waals surface area contributed by atoms with Crippen molar-refractivity contribution in [3.8, 4) is 33.8 Å². The Morgan fingerprint density at radius 2 is 1.47 bits per heavy atom. The second-order valence-corrected chi connectivity index (χ2v) is 7.27. The maximum absolute atomic E-state index is 5.86. The van der Waals surface area contributed by atoms with E-state index in [0.29, 0.717) is 5.82 Å². The zero-order valence-corrected chi connectivity index (χ0v) is 17.3. The number of aromatic nitrogens is 2. The number of rotatable bonds is 5. The lowest BCUT2D eigenvalue weighted by Crippen LogP contribution is -2.03. The lowest BCUT2D eigenvalue weighted by atomic mass is 9.95. The van der Waals surface area contributed by atoms with E-state index in [-0.39, 0.29) is 0 Å². The highest BCUT2D eigenvalue weighted by Crippen LogP contribution is 2.31. The van der Waals surface area contributed by atoms with Crippen molar-refractivity contribution in [2.45, 2.75) is 20.3 Å². The van der Waals surface area contributed by atoms with E-state index >= 15 is 0 Å². The van der Waals surface area contributed by atoms with Crippen LogP contribution in [0.15, 0.2) is 84.9 Å². The van der Waals surface area contributed by atoms with Crippen molar-refractivity contribution in [1.82, 2.24) is 9.97 Å². The molecule has 0 aliphatic carbocycles. The van der Waals surface area contributed by atoms with Gasteiger partial charge in [-0.05, 0) is 30.5 Å². The molecule has 2 nitrogen and oxygen atoms in total. The van der Waals surface area contributed by atoms with Crippen LogP contribution in [0.3, 0.4) is 0 Å². The molecule has 0 unspecified atom stereocenters. The molecule has 0 saturated heterocycles. The van der Waals surface area contributed by atoms with Crippen molar-refractivity contribution < 1.29 is 0 Å². The predicted octanol–water partition coefficient (Wildman–Crippen LogP) is 6.00. The molecule has 4 aromatic rings. The van der Waals surface area contributed by atoms with Gasteiger partial charge in [-0.15, -0.1) is 0 Å². The van der Waals surface area contributed by atoms with Crippen LogP contribution in [-0.2, 0) is 0 Å². The Morgan fingerprint density at radius 3 is 2.20 bits per heavy atom. The van der Waals surface area contributed by atoms with Crippen molar-refractivity contribution in [3.05, 3.63) is 96.2 Å². The van der Waals surface area contributed by atoms with E-state index in [1.165, 1.54) is 11.1 Å². The van der Waals surface area contributed by atoms with Gasteiger partial charge in [-0.3, -0.25) is 0 Å².